The molecule has 1 aliphatic carbocycles. The lowest BCUT2D eigenvalue weighted by Crippen LogP contribution is -2.56. The first-order valence-electron chi connectivity index (χ1n) is 5.91. The van der Waals surface area contributed by atoms with Crippen LogP contribution in [0.1, 0.15) is 29.6 Å². The number of phenols is 1. The van der Waals surface area contributed by atoms with Crippen LogP contribution in [-0.4, -0.2) is 35.4 Å². The third-order valence-electron chi connectivity index (χ3n) is 3.44. The van der Waals surface area contributed by atoms with Crippen LogP contribution in [0.25, 0.3) is 0 Å². The summed E-state index contributed by atoms with van der Waals surface area (Å²) in [5, 5.41) is 21.8. The molecule has 0 spiro atoms. The largest absolute Gasteiger partial charge is 0.507 e. The molecular formula is C13H17NO4. The fourth-order valence-electron chi connectivity index (χ4n) is 2.06. The van der Waals surface area contributed by atoms with E-state index in [1.165, 1.54) is 19.2 Å². The first-order chi connectivity index (χ1) is 8.60. The highest BCUT2D eigenvalue weighted by Gasteiger charge is 2.38. The summed E-state index contributed by atoms with van der Waals surface area (Å²) in [6.07, 6.45) is 2.54. The smallest absolute Gasteiger partial charge is 0.255 e. The highest BCUT2D eigenvalue weighted by atomic mass is 16.5. The van der Waals surface area contributed by atoms with Crippen molar-refractivity contribution >= 4 is 5.91 Å². The molecule has 2 rings (SSSR count). The molecule has 1 aromatic carbocycles. The molecule has 0 heterocycles. The van der Waals surface area contributed by atoms with E-state index in [2.05, 4.69) is 5.32 Å². The monoisotopic (exact) mass is 251 g/mol. The van der Waals surface area contributed by atoms with E-state index in [1.54, 1.807) is 6.07 Å². The van der Waals surface area contributed by atoms with Crippen LogP contribution < -0.4 is 10.1 Å². The van der Waals surface area contributed by atoms with Crippen LogP contribution in [0, 0.1) is 0 Å². The standard InChI is InChI=1S/C13H17NO4/c1-18-9-3-4-10(11(16)7-9)12(17)14-13(8-15)5-2-6-13/h3-4,7,15-16H,2,5-6,8H2,1H3,(H,14,17). The molecule has 1 aromatic rings. The maximum Gasteiger partial charge on any atom is 0.255 e. The van der Waals surface area contributed by atoms with Gasteiger partial charge in [0.1, 0.15) is 11.5 Å². The fourth-order valence-corrected chi connectivity index (χ4v) is 2.06. The number of hydrogen-bond acceptors (Lipinski definition) is 4. The van der Waals surface area contributed by atoms with Crippen LogP contribution in [0.2, 0.25) is 0 Å². The summed E-state index contributed by atoms with van der Waals surface area (Å²) in [4.78, 5) is 12.0. The predicted octanol–water partition coefficient (Wildman–Crippen LogP) is 1.05. The van der Waals surface area contributed by atoms with E-state index < -0.39 is 5.54 Å². The maximum atomic E-state index is 12.0. The van der Waals surface area contributed by atoms with Crippen LogP contribution in [0.3, 0.4) is 0 Å². The van der Waals surface area contributed by atoms with Gasteiger partial charge < -0.3 is 20.3 Å². The van der Waals surface area contributed by atoms with E-state index in [0.717, 1.165) is 19.3 Å². The first-order valence-corrected chi connectivity index (χ1v) is 5.91. The van der Waals surface area contributed by atoms with E-state index in [9.17, 15) is 15.0 Å². The number of aliphatic hydroxyl groups excluding tert-OH is 1. The van der Waals surface area contributed by atoms with Gasteiger partial charge in [0.2, 0.25) is 0 Å². The first kappa shape index (κ1) is 12.7. The van der Waals surface area contributed by atoms with Crippen molar-refractivity contribution in [2.75, 3.05) is 13.7 Å². The molecule has 0 bridgehead atoms. The Morgan fingerprint density at radius 3 is 2.67 bits per heavy atom. The number of phenolic OH excluding ortho intramolecular Hbond substituents is 1. The summed E-state index contributed by atoms with van der Waals surface area (Å²) in [5.74, 6) is -0.00673. The predicted molar refractivity (Wildman–Crippen MR) is 65.8 cm³/mol. The summed E-state index contributed by atoms with van der Waals surface area (Å²) in [7, 11) is 1.49. The van der Waals surface area contributed by atoms with Crippen molar-refractivity contribution in [1.82, 2.24) is 5.32 Å². The van der Waals surface area contributed by atoms with Crippen LogP contribution in [0.5, 0.6) is 11.5 Å². The van der Waals surface area contributed by atoms with Crippen molar-refractivity contribution in [3.63, 3.8) is 0 Å². The molecule has 1 aliphatic rings. The SMILES string of the molecule is COc1ccc(C(=O)NC2(CO)CCC2)c(O)c1. The molecule has 0 radical (unpaired) electrons. The van der Waals surface area contributed by atoms with Gasteiger partial charge in [-0.1, -0.05) is 0 Å². The molecule has 18 heavy (non-hydrogen) atoms. The highest BCUT2D eigenvalue weighted by molar-refractivity contribution is 5.97. The third-order valence-corrected chi connectivity index (χ3v) is 3.44. The Morgan fingerprint density at radius 1 is 1.50 bits per heavy atom. The van der Waals surface area contributed by atoms with Crippen molar-refractivity contribution in [2.24, 2.45) is 0 Å². The summed E-state index contributed by atoms with van der Waals surface area (Å²) in [6.45, 7) is -0.0738. The molecule has 0 unspecified atom stereocenters. The number of methoxy groups -OCH3 is 1. The second-order valence-corrected chi connectivity index (χ2v) is 4.63. The molecule has 1 amide bonds. The molecule has 1 fully saturated rings. The Balaban J connectivity index is 2.14. The molecule has 1 saturated carbocycles. The molecule has 0 aromatic heterocycles. The maximum absolute atomic E-state index is 12.0. The van der Waals surface area contributed by atoms with Gasteiger partial charge in [-0.05, 0) is 31.4 Å². The van der Waals surface area contributed by atoms with Crippen molar-refractivity contribution in [2.45, 2.75) is 24.8 Å². The van der Waals surface area contributed by atoms with Gasteiger partial charge in [0.15, 0.2) is 0 Å². The Morgan fingerprint density at radius 2 is 2.22 bits per heavy atom. The van der Waals surface area contributed by atoms with E-state index >= 15 is 0 Å². The Kier molecular flexibility index (Phi) is 3.43. The van der Waals surface area contributed by atoms with Gasteiger partial charge >= 0.3 is 0 Å². The number of ether oxygens (including phenoxy) is 1. The van der Waals surface area contributed by atoms with Crippen LogP contribution >= 0.6 is 0 Å². The molecule has 0 saturated heterocycles. The zero-order chi connectivity index (χ0) is 13.2. The van der Waals surface area contributed by atoms with Gasteiger partial charge in [-0.2, -0.15) is 0 Å². The van der Waals surface area contributed by atoms with E-state index in [1.807, 2.05) is 0 Å². The normalized spacial score (nSPS) is 16.8. The van der Waals surface area contributed by atoms with Crippen molar-refractivity contribution in [3.8, 4) is 11.5 Å². The van der Waals surface area contributed by atoms with Crippen LogP contribution in [-0.2, 0) is 0 Å². The number of nitrogens with one attached hydrogen (secondary N) is 1. The van der Waals surface area contributed by atoms with Crippen molar-refractivity contribution in [3.05, 3.63) is 23.8 Å². The minimum absolute atomic E-state index is 0.0738. The van der Waals surface area contributed by atoms with Gasteiger partial charge in [-0.25, -0.2) is 0 Å². The van der Waals surface area contributed by atoms with Gasteiger partial charge in [0, 0.05) is 6.07 Å². The van der Waals surface area contributed by atoms with Crippen molar-refractivity contribution in [1.29, 1.82) is 0 Å². The fraction of sp³-hybridized carbons (Fsp3) is 0.462. The molecule has 98 valence electrons. The number of aromatic hydroxyl groups is 1. The average molecular weight is 251 g/mol. The number of carbonyl (C=O) groups is 1. The van der Waals surface area contributed by atoms with Gasteiger partial charge in [0.25, 0.3) is 5.91 Å². The Hall–Kier alpha value is -1.75. The van der Waals surface area contributed by atoms with Crippen LogP contribution in [0.4, 0.5) is 0 Å². The lowest BCUT2D eigenvalue weighted by Gasteiger charge is -2.40. The summed E-state index contributed by atoms with van der Waals surface area (Å²) < 4.78 is 4.95. The Bertz CT molecular complexity index is 449. The lowest BCUT2D eigenvalue weighted by molar-refractivity contribution is 0.0639. The number of amides is 1. The molecule has 5 heteroatoms. The van der Waals surface area contributed by atoms with Crippen molar-refractivity contribution < 1.29 is 19.7 Å². The van der Waals surface area contributed by atoms with E-state index in [-0.39, 0.29) is 23.8 Å². The second kappa shape index (κ2) is 4.86. The second-order valence-electron chi connectivity index (χ2n) is 4.63. The topological polar surface area (TPSA) is 78.8 Å². The molecule has 3 N–H and O–H groups in total. The molecule has 0 aliphatic heterocycles. The number of rotatable bonds is 4. The average Bonchev–Trinajstić information content (AvgIpc) is 2.33. The van der Waals surface area contributed by atoms with Gasteiger partial charge in [-0.15, -0.1) is 0 Å². The number of benzene rings is 1. The zero-order valence-corrected chi connectivity index (χ0v) is 10.3. The molecule has 0 atom stereocenters. The number of hydrogen-bond donors (Lipinski definition) is 3. The van der Waals surface area contributed by atoms with Gasteiger partial charge in [-0.3, -0.25) is 4.79 Å². The lowest BCUT2D eigenvalue weighted by atomic mass is 9.77. The number of aliphatic hydroxyl groups is 1. The molecule has 5 nitrogen and oxygen atoms in total. The number of carbonyl (C=O) groups excluding carboxylic acids is 1. The quantitative estimate of drug-likeness (QED) is 0.747. The Labute approximate surface area is 105 Å². The minimum Gasteiger partial charge on any atom is -0.507 e. The molecular weight excluding hydrogens is 234 g/mol. The summed E-state index contributed by atoms with van der Waals surface area (Å²) in [5.41, 5.74) is -0.320. The highest BCUT2D eigenvalue weighted by Crippen LogP contribution is 2.32. The minimum atomic E-state index is -0.510. The van der Waals surface area contributed by atoms with E-state index in [4.69, 9.17) is 4.74 Å². The summed E-state index contributed by atoms with van der Waals surface area (Å²) >= 11 is 0. The van der Waals surface area contributed by atoms with Gasteiger partial charge in [0.05, 0.1) is 24.8 Å². The summed E-state index contributed by atoms with van der Waals surface area (Å²) in [6, 6.07) is 4.51. The van der Waals surface area contributed by atoms with E-state index in [0.29, 0.717) is 5.75 Å². The van der Waals surface area contributed by atoms with Crippen LogP contribution in [0.15, 0.2) is 18.2 Å². The zero-order valence-electron chi connectivity index (χ0n) is 10.3. The third kappa shape index (κ3) is 2.26.